The van der Waals surface area contributed by atoms with E-state index in [4.69, 9.17) is 10.00 Å². The summed E-state index contributed by atoms with van der Waals surface area (Å²) in [5.74, 6) is -0.566. The monoisotopic (exact) mass is 235 g/mol. The first kappa shape index (κ1) is 12.5. The van der Waals surface area contributed by atoms with Crippen LogP contribution in [0.5, 0.6) is 0 Å². The number of carbonyl (C=O) groups is 1. The van der Waals surface area contributed by atoms with Gasteiger partial charge in [-0.2, -0.15) is 5.26 Å². The van der Waals surface area contributed by atoms with E-state index in [1.165, 1.54) is 11.3 Å². The van der Waals surface area contributed by atoms with Crippen molar-refractivity contribution < 1.29 is 9.53 Å². The molecule has 0 radical (unpaired) electrons. The Kier molecular flexibility index (Phi) is 4.27. The minimum absolute atomic E-state index is 0.0375. The molecule has 0 unspecified atom stereocenters. The van der Waals surface area contributed by atoms with Crippen LogP contribution in [-0.2, 0) is 9.53 Å². The van der Waals surface area contributed by atoms with Crippen molar-refractivity contribution in [3.63, 3.8) is 0 Å². The molecule has 0 aliphatic carbocycles. The van der Waals surface area contributed by atoms with Gasteiger partial charge in [-0.1, -0.05) is 0 Å². The average Bonchev–Trinajstić information content (AvgIpc) is 2.59. The van der Waals surface area contributed by atoms with E-state index >= 15 is 0 Å². The quantitative estimate of drug-likeness (QED) is 0.460. The lowest BCUT2D eigenvalue weighted by atomic mass is 10.2. The lowest BCUT2D eigenvalue weighted by Crippen LogP contribution is -2.12. The van der Waals surface area contributed by atoms with Gasteiger partial charge in [-0.05, 0) is 39.0 Å². The smallest absolute Gasteiger partial charge is 0.349 e. The summed E-state index contributed by atoms with van der Waals surface area (Å²) >= 11 is 1.53. The first-order valence-corrected chi connectivity index (χ1v) is 5.74. The van der Waals surface area contributed by atoms with Gasteiger partial charge in [-0.15, -0.1) is 11.3 Å². The normalized spacial score (nSPS) is 11.3. The third-order valence-electron chi connectivity index (χ3n) is 1.73. The highest BCUT2D eigenvalue weighted by atomic mass is 32.1. The third kappa shape index (κ3) is 3.52. The van der Waals surface area contributed by atoms with Crippen LogP contribution in [0, 0.1) is 18.3 Å². The van der Waals surface area contributed by atoms with Crippen LogP contribution < -0.4 is 0 Å². The molecule has 0 aromatic carbocycles. The molecule has 0 saturated carbocycles. The van der Waals surface area contributed by atoms with Gasteiger partial charge in [0.1, 0.15) is 11.6 Å². The zero-order chi connectivity index (χ0) is 12.1. The fraction of sp³-hybridized carbons (Fsp3) is 0.333. The molecule has 3 nitrogen and oxygen atoms in total. The number of nitrogens with zero attached hydrogens (tertiary/aromatic N) is 1. The Morgan fingerprint density at radius 3 is 2.69 bits per heavy atom. The minimum Gasteiger partial charge on any atom is -0.459 e. The van der Waals surface area contributed by atoms with Crippen molar-refractivity contribution in [2.24, 2.45) is 0 Å². The molecule has 0 fully saturated rings. The molecule has 16 heavy (non-hydrogen) atoms. The molecule has 1 rings (SSSR count). The standard InChI is InChI=1S/C12H13NO2S/c1-8(2)15-12(14)10(7-13)6-11-5-4-9(3)16-11/h4-6,8H,1-3H3/b10-6-. The molecule has 84 valence electrons. The van der Waals surface area contributed by atoms with E-state index in [0.29, 0.717) is 0 Å². The van der Waals surface area contributed by atoms with Gasteiger partial charge < -0.3 is 4.74 Å². The van der Waals surface area contributed by atoms with Gasteiger partial charge in [0.15, 0.2) is 0 Å². The molecule has 1 aromatic rings. The molecule has 0 bridgehead atoms. The number of thiophene rings is 1. The van der Waals surface area contributed by atoms with E-state index in [-0.39, 0.29) is 11.7 Å². The van der Waals surface area contributed by atoms with Crippen LogP contribution in [0.25, 0.3) is 6.08 Å². The van der Waals surface area contributed by atoms with Crippen molar-refractivity contribution in [1.29, 1.82) is 5.26 Å². The van der Waals surface area contributed by atoms with Crippen molar-refractivity contribution in [3.05, 3.63) is 27.5 Å². The van der Waals surface area contributed by atoms with Crippen molar-refractivity contribution in [2.45, 2.75) is 26.9 Å². The van der Waals surface area contributed by atoms with E-state index in [1.54, 1.807) is 19.9 Å². The number of aryl methyl sites for hydroxylation is 1. The molecular formula is C12H13NO2S. The van der Waals surface area contributed by atoms with Crippen LogP contribution in [0.1, 0.15) is 23.6 Å². The number of ether oxygens (including phenoxy) is 1. The van der Waals surface area contributed by atoms with Crippen LogP contribution in [0.15, 0.2) is 17.7 Å². The van der Waals surface area contributed by atoms with Crippen LogP contribution in [0.3, 0.4) is 0 Å². The van der Waals surface area contributed by atoms with Crippen LogP contribution in [0.2, 0.25) is 0 Å². The van der Waals surface area contributed by atoms with Gasteiger partial charge in [0.25, 0.3) is 0 Å². The van der Waals surface area contributed by atoms with Crippen molar-refractivity contribution >= 4 is 23.4 Å². The molecule has 0 atom stereocenters. The zero-order valence-electron chi connectivity index (χ0n) is 9.48. The Bertz CT molecular complexity index is 452. The first-order valence-electron chi connectivity index (χ1n) is 4.92. The number of hydrogen-bond donors (Lipinski definition) is 0. The third-order valence-corrected chi connectivity index (χ3v) is 2.68. The molecule has 1 aromatic heterocycles. The average molecular weight is 235 g/mol. The Morgan fingerprint density at radius 2 is 2.25 bits per heavy atom. The first-order chi connectivity index (χ1) is 7.52. The largest absolute Gasteiger partial charge is 0.459 e. The van der Waals surface area contributed by atoms with Gasteiger partial charge in [-0.25, -0.2) is 4.79 Å². The van der Waals surface area contributed by atoms with Gasteiger partial charge >= 0.3 is 5.97 Å². The maximum Gasteiger partial charge on any atom is 0.349 e. The van der Waals surface area contributed by atoms with Crippen molar-refractivity contribution in [3.8, 4) is 6.07 Å². The maximum absolute atomic E-state index is 11.5. The summed E-state index contributed by atoms with van der Waals surface area (Å²) in [6.45, 7) is 5.48. The molecule has 0 N–H and O–H groups in total. The number of carbonyl (C=O) groups excluding carboxylic acids is 1. The predicted molar refractivity (Wildman–Crippen MR) is 63.9 cm³/mol. The summed E-state index contributed by atoms with van der Waals surface area (Å²) in [4.78, 5) is 13.5. The highest BCUT2D eigenvalue weighted by Gasteiger charge is 2.12. The minimum atomic E-state index is -0.566. The Balaban J connectivity index is 2.87. The molecule has 0 amide bonds. The second-order valence-corrected chi connectivity index (χ2v) is 4.89. The summed E-state index contributed by atoms with van der Waals surface area (Å²) < 4.78 is 4.96. The number of esters is 1. The van der Waals surface area contributed by atoms with Crippen molar-refractivity contribution in [1.82, 2.24) is 0 Å². The molecule has 0 aliphatic heterocycles. The lowest BCUT2D eigenvalue weighted by molar-refractivity contribution is -0.142. The summed E-state index contributed by atoms with van der Waals surface area (Å²) in [6, 6.07) is 5.68. The Morgan fingerprint density at radius 1 is 1.56 bits per heavy atom. The second-order valence-electron chi connectivity index (χ2n) is 3.57. The molecule has 0 saturated heterocycles. The molecule has 1 heterocycles. The van der Waals surface area contributed by atoms with Gasteiger partial charge in [0.2, 0.25) is 0 Å². The Labute approximate surface area is 99.0 Å². The summed E-state index contributed by atoms with van der Waals surface area (Å²) in [5.41, 5.74) is 0.0375. The predicted octanol–water partition coefficient (Wildman–Crippen LogP) is 2.92. The number of hydrogen-bond acceptors (Lipinski definition) is 4. The van der Waals surface area contributed by atoms with E-state index in [2.05, 4.69) is 0 Å². The zero-order valence-corrected chi connectivity index (χ0v) is 10.3. The molecule has 0 aliphatic rings. The van der Waals surface area contributed by atoms with E-state index < -0.39 is 5.97 Å². The van der Waals surface area contributed by atoms with Gasteiger partial charge in [0, 0.05) is 9.75 Å². The van der Waals surface area contributed by atoms with Crippen LogP contribution >= 0.6 is 11.3 Å². The van der Waals surface area contributed by atoms with E-state index in [0.717, 1.165) is 9.75 Å². The molecular weight excluding hydrogens is 222 g/mol. The Hall–Kier alpha value is -1.60. The fourth-order valence-corrected chi connectivity index (χ4v) is 1.91. The SMILES string of the molecule is Cc1ccc(/C=C(/C#N)C(=O)OC(C)C)s1. The number of nitriles is 1. The highest BCUT2D eigenvalue weighted by Crippen LogP contribution is 2.18. The van der Waals surface area contributed by atoms with Crippen molar-refractivity contribution in [2.75, 3.05) is 0 Å². The summed E-state index contributed by atoms with van der Waals surface area (Å²) in [6.07, 6.45) is 1.34. The molecule has 4 heteroatoms. The highest BCUT2D eigenvalue weighted by molar-refractivity contribution is 7.12. The lowest BCUT2D eigenvalue weighted by Gasteiger charge is -2.05. The summed E-state index contributed by atoms with van der Waals surface area (Å²) in [7, 11) is 0. The second kappa shape index (κ2) is 5.47. The van der Waals surface area contributed by atoms with E-state index in [9.17, 15) is 4.79 Å². The topological polar surface area (TPSA) is 50.1 Å². The van der Waals surface area contributed by atoms with Gasteiger partial charge in [-0.3, -0.25) is 0 Å². The van der Waals surface area contributed by atoms with Gasteiger partial charge in [0.05, 0.1) is 6.10 Å². The fourth-order valence-electron chi connectivity index (χ4n) is 1.09. The summed E-state index contributed by atoms with van der Waals surface area (Å²) in [5, 5.41) is 8.86. The molecule has 0 spiro atoms. The van der Waals surface area contributed by atoms with Crippen LogP contribution in [-0.4, -0.2) is 12.1 Å². The maximum atomic E-state index is 11.5. The van der Waals surface area contributed by atoms with Crippen LogP contribution in [0.4, 0.5) is 0 Å². The van der Waals surface area contributed by atoms with E-state index in [1.807, 2.05) is 25.1 Å². The number of rotatable bonds is 3.